The largest absolute Gasteiger partial charge is 0.501 e. The van der Waals surface area contributed by atoms with Crippen LogP contribution in [0.1, 0.15) is 39.0 Å². The van der Waals surface area contributed by atoms with Gasteiger partial charge >= 0.3 is 0 Å². The molecule has 13 heavy (non-hydrogen) atoms. The molecule has 0 spiro atoms. The zero-order valence-corrected chi connectivity index (χ0v) is 8.81. The number of hydrogen-bond acceptors (Lipinski definition) is 2. The Morgan fingerprint density at radius 2 is 2.46 bits per heavy atom. The first-order valence-corrected chi connectivity index (χ1v) is 5.36. The zero-order chi connectivity index (χ0) is 9.52. The summed E-state index contributed by atoms with van der Waals surface area (Å²) in [6.45, 7) is 3.13. The van der Waals surface area contributed by atoms with E-state index >= 15 is 0 Å². The number of unbranched alkanes of at least 4 members (excludes halogenated alkanes) is 1. The van der Waals surface area contributed by atoms with Gasteiger partial charge in [0.1, 0.15) is 0 Å². The summed E-state index contributed by atoms with van der Waals surface area (Å²) in [7, 11) is 2.04. The van der Waals surface area contributed by atoms with E-state index in [-0.39, 0.29) is 0 Å². The van der Waals surface area contributed by atoms with Crippen molar-refractivity contribution in [1.29, 1.82) is 0 Å². The molecule has 0 fully saturated rings. The summed E-state index contributed by atoms with van der Waals surface area (Å²) in [5.74, 6) is 0. The Morgan fingerprint density at radius 1 is 1.62 bits per heavy atom. The van der Waals surface area contributed by atoms with Crippen molar-refractivity contribution in [2.24, 2.45) is 0 Å². The highest BCUT2D eigenvalue weighted by Gasteiger charge is 2.14. The Morgan fingerprint density at radius 3 is 3.00 bits per heavy atom. The van der Waals surface area contributed by atoms with Crippen molar-refractivity contribution in [2.45, 2.75) is 45.1 Å². The molecule has 0 bridgehead atoms. The van der Waals surface area contributed by atoms with Gasteiger partial charge in [0.2, 0.25) is 0 Å². The molecule has 76 valence electrons. The van der Waals surface area contributed by atoms with E-state index in [9.17, 15) is 0 Å². The van der Waals surface area contributed by atoms with Gasteiger partial charge < -0.3 is 10.1 Å². The molecule has 0 amide bonds. The third-order valence-corrected chi connectivity index (χ3v) is 2.60. The second-order valence-corrected chi connectivity index (χ2v) is 3.65. The van der Waals surface area contributed by atoms with Crippen LogP contribution in [-0.2, 0) is 4.74 Å². The first-order chi connectivity index (χ1) is 6.38. The highest BCUT2D eigenvalue weighted by Crippen LogP contribution is 2.18. The zero-order valence-electron chi connectivity index (χ0n) is 8.81. The smallest absolute Gasteiger partial charge is 0.0876 e. The summed E-state index contributed by atoms with van der Waals surface area (Å²) in [4.78, 5) is 0. The first-order valence-electron chi connectivity index (χ1n) is 5.36. The van der Waals surface area contributed by atoms with Crippen molar-refractivity contribution in [3.8, 4) is 0 Å². The van der Waals surface area contributed by atoms with Crippen LogP contribution in [0.4, 0.5) is 0 Å². The molecule has 2 heteroatoms. The van der Waals surface area contributed by atoms with E-state index in [2.05, 4.69) is 12.2 Å². The number of hydrogen-bond donors (Lipinski definition) is 1. The fourth-order valence-corrected chi connectivity index (χ4v) is 1.76. The van der Waals surface area contributed by atoms with Gasteiger partial charge in [-0.2, -0.15) is 0 Å². The summed E-state index contributed by atoms with van der Waals surface area (Å²) in [6.07, 6.45) is 8.14. The molecule has 1 N–H and O–H groups in total. The van der Waals surface area contributed by atoms with Crippen LogP contribution in [0.3, 0.4) is 0 Å². The molecule has 1 aliphatic rings. The van der Waals surface area contributed by atoms with Gasteiger partial charge in [0.05, 0.1) is 12.9 Å². The van der Waals surface area contributed by atoms with Crippen molar-refractivity contribution >= 4 is 0 Å². The van der Waals surface area contributed by atoms with Crippen LogP contribution in [0.25, 0.3) is 0 Å². The van der Waals surface area contributed by atoms with Gasteiger partial charge in [0.15, 0.2) is 0 Å². The van der Waals surface area contributed by atoms with E-state index < -0.39 is 0 Å². The Labute approximate surface area is 81.4 Å². The van der Waals surface area contributed by atoms with Gasteiger partial charge in [-0.1, -0.05) is 19.8 Å². The Kier molecular flexibility index (Phi) is 4.91. The predicted molar refractivity (Wildman–Crippen MR) is 55.6 cm³/mol. The van der Waals surface area contributed by atoms with Gasteiger partial charge in [-0.3, -0.25) is 0 Å². The minimum atomic E-state index is 0.542. The van der Waals surface area contributed by atoms with Crippen LogP contribution < -0.4 is 5.32 Å². The van der Waals surface area contributed by atoms with E-state index in [1.807, 2.05) is 13.3 Å². The molecule has 2 nitrogen and oxygen atoms in total. The molecule has 0 aromatic carbocycles. The average Bonchev–Trinajstić information content (AvgIpc) is 2.21. The fraction of sp³-hybridized carbons (Fsp3) is 0.818. The third-order valence-electron chi connectivity index (χ3n) is 2.60. The molecule has 0 saturated heterocycles. The van der Waals surface area contributed by atoms with E-state index in [0.29, 0.717) is 6.04 Å². The molecule has 1 heterocycles. The summed E-state index contributed by atoms with van der Waals surface area (Å²) in [5.41, 5.74) is 1.45. The lowest BCUT2D eigenvalue weighted by Gasteiger charge is -2.22. The topological polar surface area (TPSA) is 21.3 Å². The van der Waals surface area contributed by atoms with Crippen LogP contribution in [0.15, 0.2) is 11.8 Å². The maximum atomic E-state index is 5.34. The molecule has 1 aliphatic heterocycles. The molecule has 1 rings (SSSR count). The summed E-state index contributed by atoms with van der Waals surface area (Å²) >= 11 is 0. The minimum absolute atomic E-state index is 0.542. The van der Waals surface area contributed by atoms with Crippen molar-refractivity contribution in [1.82, 2.24) is 5.32 Å². The molecular weight excluding hydrogens is 162 g/mol. The van der Waals surface area contributed by atoms with E-state index in [0.717, 1.165) is 6.61 Å². The van der Waals surface area contributed by atoms with E-state index in [1.165, 1.54) is 37.7 Å². The van der Waals surface area contributed by atoms with Crippen molar-refractivity contribution in [3.05, 3.63) is 11.8 Å². The minimum Gasteiger partial charge on any atom is -0.501 e. The fourth-order valence-electron chi connectivity index (χ4n) is 1.76. The predicted octanol–water partition coefficient (Wildman–Crippen LogP) is 2.46. The lowest BCUT2D eigenvalue weighted by atomic mass is 9.97. The Hall–Kier alpha value is -0.500. The van der Waals surface area contributed by atoms with Gasteiger partial charge in [0, 0.05) is 6.04 Å². The summed E-state index contributed by atoms with van der Waals surface area (Å²) in [5, 5.41) is 3.36. The molecule has 0 aromatic rings. The van der Waals surface area contributed by atoms with E-state index in [1.54, 1.807) is 0 Å². The SMILES string of the molecule is CCCCC(NC)C1=COCCC1. The second kappa shape index (κ2) is 6.03. The normalized spacial score (nSPS) is 19.1. The van der Waals surface area contributed by atoms with Gasteiger partial charge in [-0.25, -0.2) is 0 Å². The molecule has 0 radical (unpaired) electrons. The molecule has 1 unspecified atom stereocenters. The van der Waals surface area contributed by atoms with Crippen LogP contribution >= 0.6 is 0 Å². The van der Waals surface area contributed by atoms with Crippen molar-refractivity contribution in [3.63, 3.8) is 0 Å². The molecule has 0 aliphatic carbocycles. The standard InChI is InChI=1S/C11H21NO/c1-3-4-7-11(12-2)10-6-5-8-13-9-10/h9,11-12H,3-8H2,1-2H3. The number of rotatable bonds is 5. The Bertz CT molecular complexity index is 165. The van der Waals surface area contributed by atoms with Gasteiger partial charge in [0.25, 0.3) is 0 Å². The highest BCUT2D eigenvalue weighted by atomic mass is 16.5. The highest BCUT2D eigenvalue weighted by molar-refractivity contribution is 5.09. The number of ether oxygens (including phenoxy) is 1. The van der Waals surface area contributed by atoms with Crippen LogP contribution in [0, 0.1) is 0 Å². The van der Waals surface area contributed by atoms with Crippen molar-refractivity contribution < 1.29 is 4.74 Å². The van der Waals surface area contributed by atoms with Gasteiger partial charge in [-0.05, 0) is 31.9 Å². The maximum Gasteiger partial charge on any atom is 0.0876 e. The number of nitrogens with one attached hydrogen (secondary N) is 1. The molecular formula is C11H21NO. The van der Waals surface area contributed by atoms with Gasteiger partial charge in [-0.15, -0.1) is 0 Å². The quantitative estimate of drug-likeness (QED) is 0.707. The van der Waals surface area contributed by atoms with Crippen LogP contribution in [-0.4, -0.2) is 19.7 Å². The van der Waals surface area contributed by atoms with Crippen LogP contribution in [0.5, 0.6) is 0 Å². The first kappa shape index (κ1) is 10.6. The van der Waals surface area contributed by atoms with Crippen molar-refractivity contribution in [2.75, 3.05) is 13.7 Å². The van der Waals surface area contributed by atoms with Crippen LogP contribution in [0.2, 0.25) is 0 Å². The summed E-state index contributed by atoms with van der Waals surface area (Å²) in [6, 6.07) is 0.542. The monoisotopic (exact) mass is 183 g/mol. The third kappa shape index (κ3) is 3.39. The molecule has 1 atom stereocenters. The average molecular weight is 183 g/mol. The van der Waals surface area contributed by atoms with E-state index in [4.69, 9.17) is 4.74 Å². The second-order valence-electron chi connectivity index (χ2n) is 3.65. The molecule has 0 aromatic heterocycles. The lowest BCUT2D eigenvalue weighted by molar-refractivity contribution is 0.219. The molecule has 0 saturated carbocycles. The Balaban J connectivity index is 2.39. The number of likely N-dealkylation sites (N-methyl/N-ethyl adjacent to an activating group) is 1. The summed E-state index contributed by atoms with van der Waals surface area (Å²) < 4.78 is 5.34. The maximum absolute atomic E-state index is 5.34. The lowest BCUT2D eigenvalue weighted by Crippen LogP contribution is -2.28.